The Morgan fingerprint density at radius 1 is 0.750 bits per heavy atom. The normalized spacial score (nSPS) is 12.5. The van der Waals surface area contributed by atoms with Crippen LogP contribution in [0.4, 0.5) is 0 Å². The van der Waals surface area contributed by atoms with Crippen LogP contribution in [0.1, 0.15) is 23.3 Å². The van der Waals surface area contributed by atoms with Crippen LogP contribution >= 0.6 is 31.9 Å². The molecule has 0 bridgehead atoms. The van der Waals surface area contributed by atoms with Crippen molar-refractivity contribution in [1.82, 2.24) is 0 Å². The minimum Gasteiger partial charge on any atom is -0.479 e. The molecule has 2 aromatic rings. The average molecular weight is 462 g/mol. The molecular weight excluding hydrogens is 448 g/mol. The van der Waals surface area contributed by atoms with Gasteiger partial charge >= 0.3 is 11.9 Å². The smallest absolute Gasteiger partial charge is 0.337 e. The van der Waals surface area contributed by atoms with Gasteiger partial charge in [-0.3, -0.25) is 0 Å². The topological polar surface area (TPSA) is 115 Å². The van der Waals surface area contributed by atoms with E-state index in [2.05, 4.69) is 31.9 Å². The van der Waals surface area contributed by atoms with Crippen molar-refractivity contribution in [3.63, 3.8) is 0 Å². The summed E-state index contributed by atoms with van der Waals surface area (Å²) in [5, 5.41) is 35.1. The highest BCUT2D eigenvalue weighted by atomic mass is 79.9. The molecule has 0 aliphatic heterocycles. The molecule has 2 atom stereocenters. The molecule has 24 heavy (non-hydrogen) atoms. The summed E-state index contributed by atoms with van der Waals surface area (Å²) in [4.78, 5) is 20.7. The molecule has 0 spiro atoms. The molecule has 0 heterocycles. The summed E-state index contributed by atoms with van der Waals surface area (Å²) >= 11 is 6.35. The first-order valence-electron chi connectivity index (χ1n) is 6.55. The standard InChI is InChI=1S/2C8H7BrO3/c2*9-6-3-1-2-5(4-6)7(10)8(11)12/h2*1-4,7,10H,(H,11,12)/t2*7-/m10/s1. The van der Waals surface area contributed by atoms with Gasteiger partial charge < -0.3 is 20.4 Å². The second kappa shape index (κ2) is 9.53. The second-order valence-corrected chi connectivity index (χ2v) is 6.42. The maximum atomic E-state index is 10.3. The van der Waals surface area contributed by atoms with Crippen LogP contribution in [0, 0.1) is 0 Å². The minimum absolute atomic E-state index is 0.372. The SMILES string of the molecule is O=C(O)[C@@H](O)c1cccc(Br)c1.O=C(O)[C@H](O)c1cccc(Br)c1. The van der Waals surface area contributed by atoms with Crippen LogP contribution in [0.15, 0.2) is 57.5 Å². The lowest BCUT2D eigenvalue weighted by atomic mass is 10.1. The van der Waals surface area contributed by atoms with Gasteiger partial charge in [-0.15, -0.1) is 0 Å². The van der Waals surface area contributed by atoms with Gasteiger partial charge in [0.1, 0.15) is 0 Å². The average Bonchev–Trinajstić information content (AvgIpc) is 2.53. The zero-order valence-electron chi connectivity index (χ0n) is 12.1. The highest BCUT2D eigenvalue weighted by Crippen LogP contribution is 2.18. The summed E-state index contributed by atoms with van der Waals surface area (Å²) in [5.74, 6) is -2.48. The summed E-state index contributed by atoms with van der Waals surface area (Å²) in [6.07, 6.45) is -2.88. The number of carbonyl (C=O) groups is 2. The van der Waals surface area contributed by atoms with E-state index in [0.717, 1.165) is 8.95 Å². The fourth-order valence-corrected chi connectivity index (χ4v) is 2.47. The molecule has 0 aromatic heterocycles. The van der Waals surface area contributed by atoms with Crippen molar-refractivity contribution in [2.75, 3.05) is 0 Å². The molecule has 0 aliphatic carbocycles. The van der Waals surface area contributed by atoms with Gasteiger partial charge in [-0.05, 0) is 35.4 Å². The molecule has 2 rings (SSSR count). The van der Waals surface area contributed by atoms with Crippen molar-refractivity contribution in [2.24, 2.45) is 0 Å². The zero-order valence-corrected chi connectivity index (χ0v) is 15.3. The molecule has 6 nitrogen and oxygen atoms in total. The van der Waals surface area contributed by atoms with E-state index >= 15 is 0 Å². The molecule has 4 N–H and O–H groups in total. The van der Waals surface area contributed by atoms with E-state index in [1.165, 1.54) is 0 Å². The maximum Gasteiger partial charge on any atom is 0.337 e. The summed E-state index contributed by atoms with van der Waals surface area (Å²) in [5.41, 5.74) is 0.744. The van der Waals surface area contributed by atoms with Gasteiger partial charge in [0, 0.05) is 8.95 Å². The van der Waals surface area contributed by atoms with Crippen molar-refractivity contribution < 1.29 is 30.0 Å². The predicted molar refractivity (Wildman–Crippen MR) is 93.5 cm³/mol. The third-order valence-corrected chi connectivity index (χ3v) is 3.78. The van der Waals surface area contributed by atoms with E-state index in [-0.39, 0.29) is 0 Å². The third kappa shape index (κ3) is 6.40. The van der Waals surface area contributed by atoms with E-state index in [1.54, 1.807) is 48.5 Å². The molecule has 0 unspecified atom stereocenters. The number of halogens is 2. The molecule has 0 saturated carbocycles. The number of aliphatic hydroxyl groups excluding tert-OH is 2. The monoisotopic (exact) mass is 460 g/mol. The Bertz CT molecular complexity index is 658. The van der Waals surface area contributed by atoms with E-state index < -0.39 is 24.1 Å². The number of aliphatic carboxylic acids is 2. The van der Waals surface area contributed by atoms with Crippen LogP contribution in [0.25, 0.3) is 0 Å². The predicted octanol–water partition coefficient (Wildman–Crippen LogP) is 3.13. The van der Waals surface area contributed by atoms with Crippen molar-refractivity contribution in [3.8, 4) is 0 Å². The van der Waals surface area contributed by atoms with Crippen molar-refractivity contribution in [2.45, 2.75) is 12.2 Å². The van der Waals surface area contributed by atoms with Gasteiger partial charge in [-0.2, -0.15) is 0 Å². The Hall–Kier alpha value is -1.74. The Morgan fingerprint density at radius 3 is 1.33 bits per heavy atom. The molecule has 8 heteroatoms. The Morgan fingerprint density at radius 2 is 1.08 bits per heavy atom. The Kier molecular flexibility index (Phi) is 8.06. The lowest BCUT2D eigenvalue weighted by molar-refractivity contribution is -0.147. The number of carboxylic acids is 2. The molecule has 2 aromatic carbocycles. The lowest BCUT2D eigenvalue weighted by Crippen LogP contribution is -2.09. The Labute approximate surface area is 154 Å². The highest BCUT2D eigenvalue weighted by Gasteiger charge is 2.15. The fourth-order valence-electron chi connectivity index (χ4n) is 1.64. The maximum absolute atomic E-state index is 10.3. The van der Waals surface area contributed by atoms with Gasteiger partial charge in [-0.25, -0.2) is 9.59 Å². The number of carboxylic acid groups (broad SMARTS) is 2. The zero-order chi connectivity index (χ0) is 18.3. The molecule has 0 aliphatic rings. The van der Waals surface area contributed by atoms with E-state index in [1.807, 2.05) is 0 Å². The summed E-state index contributed by atoms with van der Waals surface area (Å²) in [6.45, 7) is 0. The van der Waals surface area contributed by atoms with Gasteiger partial charge in [0.25, 0.3) is 0 Å². The van der Waals surface area contributed by atoms with E-state index in [9.17, 15) is 9.59 Å². The quantitative estimate of drug-likeness (QED) is 0.556. The first kappa shape index (κ1) is 20.3. The van der Waals surface area contributed by atoms with Crippen LogP contribution in [-0.4, -0.2) is 32.4 Å². The first-order chi connectivity index (χ1) is 11.2. The third-order valence-electron chi connectivity index (χ3n) is 2.80. The lowest BCUT2D eigenvalue weighted by Gasteiger charge is -2.04. The number of rotatable bonds is 4. The largest absolute Gasteiger partial charge is 0.479 e. The van der Waals surface area contributed by atoms with Crippen molar-refractivity contribution in [3.05, 3.63) is 68.6 Å². The van der Waals surface area contributed by atoms with Crippen LogP contribution < -0.4 is 0 Å². The fraction of sp³-hybridized carbons (Fsp3) is 0.125. The minimum atomic E-state index is -1.44. The van der Waals surface area contributed by atoms with E-state index in [0.29, 0.717) is 11.1 Å². The van der Waals surface area contributed by atoms with Gasteiger partial charge in [0.2, 0.25) is 0 Å². The summed E-state index contributed by atoms with van der Waals surface area (Å²) < 4.78 is 1.50. The first-order valence-corrected chi connectivity index (χ1v) is 8.13. The van der Waals surface area contributed by atoms with Crippen LogP contribution in [0.5, 0.6) is 0 Å². The number of hydrogen-bond donors (Lipinski definition) is 4. The van der Waals surface area contributed by atoms with Crippen LogP contribution in [0.3, 0.4) is 0 Å². The van der Waals surface area contributed by atoms with Crippen LogP contribution in [0.2, 0.25) is 0 Å². The number of hydrogen-bond acceptors (Lipinski definition) is 4. The number of benzene rings is 2. The molecule has 0 radical (unpaired) electrons. The summed E-state index contributed by atoms with van der Waals surface area (Å²) in [7, 11) is 0. The van der Waals surface area contributed by atoms with Gasteiger partial charge in [-0.1, -0.05) is 56.1 Å². The van der Waals surface area contributed by atoms with Crippen molar-refractivity contribution >= 4 is 43.8 Å². The molecule has 0 amide bonds. The van der Waals surface area contributed by atoms with Gasteiger partial charge in [0.05, 0.1) is 0 Å². The van der Waals surface area contributed by atoms with Gasteiger partial charge in [0.15, 0.2) is 12.2 Å². The second-order valence-electron chi connectivity index (χ2n) is 4.59. The van der Waals surface area contributed by atoms with Crippen LogP contribution in [-0.2, 0) is 9.59 Å². The summed E-state index contributed by atoms with van der Waals surface area (Å²) in [6, 6.07) is 13.1. The van der Waals surface area contributed by atoms with E-state index in [4.69, 9.17) is 20.4 Å². The molecule has 128 valence electrons. The highest BCUT2D eigenvalue weighted by molar-refractivity contribution is 9.10. The number of aliphatic hydroxyl groups is 2. The Balaban J connectivity index is 0.000000240. The molecule has 0 saturated heterocycles. The molecule has 0 fully saturated rings. The molecular formula is C16H14Br2O6. The van der Waals surface area contributed by atoms with Crippen molar-refractivity contribution in [1.29, 1.82) is 0 Å².